The van der Waals surface area contributed by atoms with Gasteiger partial charge in [0.2, 0.25) is 0 Å². The number of furan rings is 1. The molecule has 1 aromatic heterocycles. The van der Waals surface area contributed by atoms with Crippen molar-refractivity contribution >= 4 is 35.2 Å². The van der Waals surface area contributed by atoms with E-state index in [0.29, 0.717) is 22.6 Å². The van der Waals surface area contributed by atoms with Gasteiger partial charge in [-0.1, -0.05) is 42.0 Å². The number of allylic oxidation sites excluding steroid dienone is 1. The molecular weight excluding hydrogens is 379 g/mol. The van der Waals surface area contributed by atoms with Crippen molar-refractivity contribution in [2.24, 2.45) is 4.99 Å². The Kier molecular flexibility index (Phi) is 5.76. The average molecular weight is 392 g/mol. The van der Waals surface area contributed by atoms with Gasteiger partial charge in [-0.25, -0.2) is 4.85 Å². The first-order valence-electron chi connectivity index (χ1n) is 8.39. The van der Waals surface area contributed by atoms with E-state index < -0.39 is 11.9 Å². The van der Waals surface area contributed by atoms with Crippen LogP contribution in [-0.4, -0.2) is 17.3 Å². The molecule has 1 aliphatic heterocycles. The molecule has 7 heteroatoms. The first kappa shape index (κ1) is 20.6. The molecule has 1 N–H and O–H groups in total. The Labute approximate surface area is 188 Å². The monoisotopic (exact) mass is 392 g/mol. The van der Waals surface area contributed by atoms with Gasteiger partial charge < -0.3 is 19.4 Å². The van der Waals surface area contributed by atoms with Gasteiger partial charge in [0.05, 0.1) is 18.2 Å². The molecule has 0 unspecified atom stereocenters. The van der Waals surface area contributed by atoms with Crippen molar-refractivity contribution in [1.82, 2.24) is 0 Å². The zero-order valence-electron chi connectivity index (χ0n) is 15.8. The minimum Gasteiger partial charge on any atom is -0.545 e. The molecule has 2 heterocycles. The van der Waals surface area contributed by atoms with Crippen molar-refractivity contribution < 1.29 is 49.0 Å². The van der Waals surface area contributed by atoms with E-state index in [1.54, 1.807) is 18.4 Å². The second-order valence-corrected chi connectivity index (χ2v) is 6.35. The van der Waals surface area contributed by atoms with E-state index in [2.05, 4.69) is 9.84 Å². The third-order valence-electron chi connectivity index (χ3n) is 4.52. The van der Waals surface area contributed by atoms with Gasteiger partial charge in [-0.3, -0.25) is 4.99 Å². The fraction of sp³-hybridized carbons (Fsp3) is 0.0455. The van der Waals surface area contributed by atoms with Gasteiger partial charge in [0, 0.05) is 22.9 Å². The molecule has 0 amide bonds. The van der Waals surface area contributed by atoms with E-state index in [1.165, 1.54) is 12.1 Å². The number of benzene rings is 2. The summed E-state index contributed by atoms with van der Waals surface area (Å²) in [7, 11) is 0. The number of carboxylic acid groups (broad SMARTS) is 1. The predicted molar refractivity (Wildman–Crippen MR) is 104 cm³/mol. The topological polar surface area (TPSA) is 90.2 Å². The molecular formula is C22H13N2NaO4. The second-order valence-electron chi connectivity index (χ2n) is 6.35. The van der Waals surface area contributed by atoms with Gasteiger partial charge in [-0.2, -0.15) is 0 Å². The summed E-state index contributed by atoms with van der Waals surface area (Å²) in [6.45, 7) is 9.35. The van der Waals surface area contributed by atoms with E-state index in [0.717, 1.165) is 16.7 Å². The third kappa shape index (κ3) is 3.76. The summed E-state index contributed by atoms with van der Waals surface area (Å²) in [6.07, 6.45) is 3.26. The normalized spacial score (nSPS) is 13.0. The quantitative estimate of drug-likeness (QED) is 0.535. The maximum atomic E-state index is 11.0. The van der Waals surface area contributed by atoms with Crippen LogP contribution in [0.15, 0.2) is 51.9 Å². The fourth-order valence-electron chi connectivity index (χ4n) is 3.11. The summed E-state index contributed by atoms with van der Waals surface area (Å²) >= 11 is 0. The Bertz CT molecular complexity index is 1210. The average Bonchev–Trinajstić information content (AvgIpc) is 3.22. The molecule has 0 bridgehead atoms. The number of nitrogens with zero attached hydrogens (tertiary/aromatic N) is 2. The van der Waals surface area contributed by atoms with Gasteiger partial charge >= 0.3 is 29.6 Å². The van der Waals surface area contributed by atoms with Crippen LogP contribution in [0.1, 0.15) is 27.2 Å². The van der Waals surface area contributed by atoms with Crippen molar-refractivity contribution in [3.63, 3.8) is 0 Å². The van der Waals surface area contributed by atoms with Crippen molar-refractivity contribution in [1.29, 1.82) is 0 Å². The van der Waals surface area contributed by atoms with Crippen molar-refractivity contribution in [3.8, 4) is 17.1 Å². The third-order valence-corrected chi connectivity index (χ3v) is 4.52. The van der Waals surface area contributed by atoms with Crippen molar-refractivity contribution in [2.75, 3.05) is 0 Å². The number of aryl methyl sites for hydroxylation is 1. The molecule has 0 saturated heterocycles. The number of aromatic carboxylic acids is 1. The number of carbonyl (C=O) groups is 1. The second kappa shape index (κ2) is 8.10. The van der Waals surface area contributed by atoms with E-state index in [4.69, 9.17) is 11.0 Å². The Hall–Kier alpha value is -3.11. The predicted octanol–water partition coefficient (Wildman–Crippen LogP) is 1.14. The van der Waals surface area contributed by atoms with Crippen molar-refractivity contribution in [3.05, 3.63) is 76.3 Å². The summed E-state index contributed by atoms with van der Waals surface area (Å²) in [6, 6.07) is 12.1. The number of hydrogen-bond donors (Lipinski definition) is 1. The number of carbonyl (C=O) groups excluding carboxylic acids is 1. The first-order chi connectivity index (χ1) is 13.5. The summed E-state index contributed by atoms with van der Waals surface area (Å²) in [5.74, 6) is -1.39. The molecule has 0 radical (unpaired) electrons. The van der Waals surface area contributed by atoms with Crippen molar-refractivity contribution in [2.45, 2.75) is 6.92 Å². The van der Waals surface area contributed by atoms with E-state index in [-0.39, 0.29) is 40.8 Å². The molecule has 0 aliphatic carbocycles. The summed E-state index contributed by atoms with van der Waals surface area (Å²) in [5.41, 5.74) is 4.30. The molecule has 0 fully saturated rings. The molecule has 2 aromatic carbocycles. The molecule has 1 aliphatic rings. The van der Waals surface area contributed by atoms with Crippen LogP contribution < -0.4 is 34.7 Å². The smallest absolute Gasteiger partial charge is 0.545 e. The van der Waals surface area contributed by atoms with Gasteiger partial charge in [0.25, 0.3) is 11.6 Å². The summed E-state index contributed by atoms with van der Waals surface area (Å²) in [5, 5.41) is 21.1. The molecule has 3 aromatic rings. The maximum Gasteiger partial charge on any atom is 1.00 e. The van der Waals surface area contributed by atoms with Crippen LogP contribution in [0.25, 0.3) is 27.6 Å². The zero-order chi connectivity index (χ0) is 19.8. The molecule has 29 heavy (non-hydrogen) atoms. The van der Waals surface area contributed by atoms with Crippen LogP contribution in [-0.2, 0) is 0 Å². The maximum absolute atomic E-state index is 11.0. The zero-order valence-corrected chi connectivity index (χ0v) is 17.8. The van der Waals surface area contributed by atoms with Crippen LogP contribution in [0.4, 0.5) is 11.4 Å². The van der Waals surface area contributed by atoms with Crippen LogP contribution >= 0.6 is 0 Å². The van der Waals surface area contributed by atoms with Crippen LogP contribution in [0.3, 0.4) is 0 Å². The number of aliphatic imine (C=N–C) groups is 1. The van der Waals surface area contributed by atoms with E-state index in [9.17, 15) is 15.0 Å². The fourth-order valence-corrected chi connectivity index (χ4v) is 3.11. The number of fused-ring (bicyclic) bond motifs is 1. The summed E-state index contributed by atoms with van der Waals surface area (Å²) < 4.78 is 5.46. The number of carboxylic acids is 1. The minimum atomic E-state index is -1.27. The Morgan fingerprint density at radius 3 is 2.62 bits per heavy atom. The molecule has 136 valence electrons. The molecule has 0 saturated carbocycles. The van der Waals surface area contributed by atoms with Gasteiger partial charge in [-0.15, -0.1) is 0 Å². The van der Waals surface area contributed by atoms with E-state index in [1.807, 2.05) is 31.2 Å². The number of rotatable bonds is 3. The molecule has 0 atom stereocenters. The van der Waals surface area contributed by atoms with Gasteiger partial charge in [0.15, 0.2) is 0 Å². The molecule has 4 rings (SSSR count). The first-order valence-corrected chi connectivity index (χ1v) is 8.39. The largest absolute Gasteiger partial charge is 1.00 e. The van der Waals surface area contributed by atoms with Crippen LogP contribution in [0, 0.1) is 13.5 Å². The molecule has 6 nitrogen and oxygen atoms in total. The standard InChI is InChI=1S/C22H14N2O4.Na/c1-12-3-5-13(6-4-12)19-18(28-22(27)20(19)23-2)10-15-11-24-17-9-14(21(25)26)7-8-16(15)17;/h3-11,27H,1H3,(H,25,26);/q;+1/p-1. The summed E-state index contributed by atoms with van der Waals surface area (Å²) in [4.78, 5) is 18.7. The minimum absolute atomic E-state index is 0. The Morgan fingerprint density at radius 2 is 1.97 bits per heavy atom. The Balaban J connectivity index is 0.00000240. The molecule has 0 spiro atoms. The van der Waals surface area contributed by atoms with Gasteiger partial charge in [-0.05, 0) is 30.2 Å². The SMILES string of the molecule is [C-]#[N+]c1c(O)oc(C=C2C=Nc3cc(C(=O)[O-])ccc32)c1-c1ccc(C)cc1.[Na+]. The van der Waals surface area contributed by atoms with Crippen LogP contribution in [0.2, 0.25) is 0 Å². The van der Waals surface area contributed by atoms with Crippen LogP contribution in [0.5, 0.6) is 5.95 Å². The number of aromatic hydroxyl groups is 1. The number of hydrogen-bond acceptors (Lipinski definition) is 5. The Morgan fingerprint density at radius 1 is 1.24 bits per heavy atom. The van der Waals surface area contributed by atoms with Gasteiger partial charge in [0.1, 0.15) is 5.76 Å². The van der Waals surface area contributed by atoms with E-state index >= 15 is 0 Å².